The first-order valence-electron chi connectivity index (χ1n) is 6.97. The summed E-state index contributed by atoms with van der Waals surface area (Å²) >= 11 is 0. The molecule has 4 rings (SSSR count). The van der Waals surface area contributed by atoms with E-state index in [4.69, 9.17) is 0 Å². The number of H-pyrrole nitrogens is 1. The SMILES string of the molecule is O=c1[nH]c(=O)n(C2CC2)c2ncn(Cc3ccccc3)c12. The van der Waals surface area contributed by atoms with E-state index in [-0.39, 0.29) is 17.3 Å². The largest absolute Gasteiger partial charge is 0.330 e. The topological polar surface area (TPSA) is 72.7 Å². The fraction of sp³-hybridized carbons (Fsp3) is 0.267. The van der Waals surface area contributed by atoms with Crippen LogP contribution in [0.1, 0.15) is 24.4 Å². The van der Waals surface area contributed by atoms with Crippen molar-refractivity contribution in [3.8, 4) is 0 Å². The monoisotopic (exact) mass is 282 g/mol. The van der Waals surface area contributed by atoms with E-state index < -0.39 is 0 Å². The van der Waals surface area contributed by atoms with E-state index in [9.17, 15) is 9.59 Å². The molecule has 0 atom stereocenters. The number of aromatic amines is 1. The van der Waals surface area contributed by atoms with Crippen molar-refractivity contribution in [1.82, 2.24) is 19.1 Å². The summed E-state index contributed by atoms with van der Waals surface area (Å²) in [6.07, 6.45) is 3.56. The van der Waals surface area contributed by atoms with Crippen molar-refractivity contribution in [2.24, 2.45) is 0 Å². The van der Waals surface area contributed by atoms with Gasteiger partial charge in [0.2, 0.25) is 0 Å². The molecule has 1 saturated carbocycles. The zero-order valence-corrected chi connectivity index (χ0v) is 11.3. The lowest BCUT2D eigenvalue weighted by atomic mass is 10.2. The maximum Gasteiger partial charge on any atom is 0.330 e. The van der Waals surface area contributed by atoms with Gasteiger partial charge in [0.15, 0.2) is 11.2 Å². The Balaban J connectivity index is 1.90. The zero-order chi connectivity index (χ0) is 14.4. The van der Waals surface area contributed by atoms with Crippen molar-refractivity contribution in [2.45, 2.75) is 25.4 Å². The van der Waals surface area contributed by atoms with Gasteiger partial charge in [0.1, 0.15) is 0 Å². The molecule has 0 amide bonds. The van der Waals surface area contributed by atoms with Gasteiger partial charge in [-0.15, -0.1) is 0 Å². The lowest BCUT2D eigenvalue weighted by molar-refractivity contribution is 0.700. The first-order chi connectivity index (χ1) is 10.2. The summed E-state index contributed by atoms with van der Waals surface area (Å²) in [5.74, 6) is 0. The van der Waals surface area contributed by atoms with Crippen LogP contribution < -0.4 is 11.2 Å². The number of benzene rings is 1. The highest BCUT2D eigenvalue weighted by Gasteiger charge is 2.28. The van der Waals surface area contributed by atoms with E-state index in [1.807, 2.05) is 30.3 Å². The number of nitrogens with one attached hydrogen (secondary N) is 1. The van der Waals surface area contributed by atoms with Crippen LogP contribution in [-0.2, 0) is 6.54 Å². The quantitative estimate of drug-likeness (QED) is 0.786. The lowest BCUT2D eigenvalue weighted by Crippen LogP contribution is -2.30. The van der Waals surface area contributed by atoms with Gasteiger partial charge in [-0.3, -0.25) is 14.3 Å². The third-order valence-corrected chi connectivity index (χ3v) is 3.81. The summed E-state index contributed by atoms with van der Waals surface area (Å²) in [6, 6.07) is 10.0. The first-order valence-corrected chi connectivity index (χ1v) is 6.97. The molecule has 0 unspecified atom stereocenters. The third kappa shape index (κ3) is 1.99. The van der Waals surface area contributed by atoms with Crippen LogP contribution in [0.5, 0.6) is 0 Å². The van der Waals surface area contributed by atoms with E-state index in [1.165, 1.54) is 0 Å². The van der Waals surface area contributed by atoms with E-state index in [0.717, 1.165) is 18.4 Å². The summed E-state index contributed by atoms with van der Waals surface area (Å²) in [5.41, 5.74) is 1.30. The molecule has 1 aliphatic rings. The number of aromatic nitrogens is 4. The van der Waals surface area contributed by atoms with Crippen LogP contribution in [0.15, 0.2) is 46.2 Å². The molecule has 0 saturated heterocycles. The zero-order valence-electron chi connectivity index (χ0n) is 11.3. The second-order valence-corrected chi connectivity index (χ2v) is 5.39. The minimum atomic E-state index is -0.375. The Labute approximate surface area is 119 Å². The van der Waals surface area contributed by atoms with Gasteiger partial charge in [-0.1, -0.05) is 30.3 Å². The third-order valence-electron chi connectivity index (χ3n) is 3.81. The van der Waals surface area contributed by atoms with Crippen molar-refractivity contribution in [1.29, 1.82) is 0 Å². The maximum absolute atomic E-state index is 12.1. The molecule has 1 aliphatic carbocycles. The minimum Gasteiger partial charge on any atom is -0.320 e. The Kier molecular flexibility index (Phi) is 2.57. The van der Waals surface area contributed by atoms with Gasteiger partial charge >= 0.3 is 5.69 Å². The predicted octanol–water partition coefficient (Wildman–Crippen LogP) is 1.27. The minimum absolute atomic E-state index is 0.178. The molecular formula is C15H14N4O2. The smallest absolute Gasteiger partial charge is 0.320 e. The lowest BCUT2D eigenvalue weighted by Gasteiger charge is -2.06. The maximum atomic E-state index is 12.1. The highest BCUT2D eigenvalue weighted by Crippen LogP contribution is 2.34. The summed E-state index contributed by atoms with van der Waals surface area (Å²) in [6.45, 7) is 0.559. The first kappa shape index (κ1) is 12.1. The standard InChI is InChI=1S/C15H14N4O2/c20-14-12-13(19(11-6-7-11)15(21)17-14)16-9-18(12)8-10-4-2-1-3-5-10/h1-5,9,11H,6-8H2,(H,17,20,21). The van der Waals surface area contributed by atoms with Gasteiger partial charge in [-0.2, -0.15) is 0 Å². The fourth-order valence-electron chi connectivity index (χ4n) is 2.66. The number of rotatable bonds is 3. The van der Waals surface area contributed by atoms with Gasteiger partial charge in [0.05, 0.1) is 6.33 Å². The number of hydrogen-bond acceptors (Lipinski definition) is 3. The normalized spacial score (nSPS) is 14.7. The van der Waals surface area contributed by atoms with E-state index in [2.05, 4.69) is 9.97 Å². The molecule has 0 aliphatic heterocycles. The molecular weight excluding hydrogens is 268 g/mol. The van der Waals surface area contributed by atoms with Crippen LogP contribution in [0.3, 0.4) is 0 Å². The van der Waals surface area contributed by atoms with Crippen molar-refractivity contribution in [3.63, 3.8) is 0 Å². The van der Waals surface area contributed by atoms with Gasteiger partial charge in [0.25, 0.3) is 5.56 Å². The van der Waals surface area contributed by atoms with Crippen molar-refractivity contribution in [2.75, 3.05) is 0 Å². The Morgan fingerprint density at radius 3 is 2.67 bits per heavy atom. The molecule has 3 aromatic rings. The molecule has 6 nitrogen and oxygen atoms in total. The molecule has 21 heavy (non-hydrogen) atoms. The average Bonchev–Trinajstić information content (AvgIpc) is 3.21. The van der Waals surface area contributed by atoms with Gasteiger partial charge in [0, 0.05) is 12.6 Å². The number of hydrogen-bond donors (Lipinski definition) is 1. The van der Waals surface area contributed by atoms with Crippen molar-refractivity contribution < 1.29 is 0 Å². The van der Waals surface area contributed by atoms with Crippen LogP contribution in [-0.4, -0.2) is 19.1 Å². The molecule has 106 valence electrons. The fourth-order valence-corrected chi connectivity index (χ4v) is 2.66. The van der Waals surface area contributed by atoms with Crippen LogP contribution in [0, 0.1) is 0 Å². The summed E-state index contributed by atoms with van der Waals surface area (Å²) in [7, 11) is 0. The average molecular weight is 282 g/mol. The number of nitrogens with zero attached hydrogens (tertiary/aromatic N) is 3. The van der Waals surface area contributed by atoms with E-state index >= 15 is 0 Å². The molecule has 6 heteroatoms. The molecule has 2 aromatic heterocycles. The summed E-state index contributed by atoms with van der Waals surface area (Å²) in [4.78, 5) is 30.8. The van der Waals surface area contributed by atoms with Crippen LogP contribution in [0.2, 0.25) is 0 Å². The van der Waals surface area contributed by atoms with Gasteiger partial charge in [-0.05, 0) is 18.4 Å². The van der Waals surface area contributed by atoms with Crippen LogP contribution in [0.25, 0.3) is 11.2 Å². The van der Waals surface area contributed by atoms with Crippen molar-refractivity contribution >= 4 is 11.2 Å². The van der Waals surface area contributed by atoms with Gasteiger partial charge < -0.3 is 4.57 Å². The van der Waals surface area contributed by atoms with Gasteiger partial charge in [-0.25, -0.2) is 9.78 Å². The van der Waals surface area contributed by atoms with E-state index in [0.29, 0.717) is 17.7 Å². The summed E-state index contributed by atoms with van der Waals surface area (Å²) in [5, 5.41) is 0. The molecule has 1 N–H and O–H groups in total. The highest BCUT2D eigenvalue weighted by atomic mass is 16.2. The Morgan fingerprint density at radius 2 is 1.95 bits per heavy atom. The molecule has 0 radical (unpaired) electrons. The number of fused-ring (bicyclic) bond motifs is 1. The predicted molar refractivity (Wildman–Crippen MR) is 78.4 cm³/mol. The second-order valence-electron chi connectivity index (χ2n) is 5.39. The summed E-state index contributed by atoms with van der Waals surface area (Å²) < 4.78 is 3.40. The molecule has 1 fully saturated rings. The molecule has 0 spiro atoms. The Morgan fingerprint density at radius 1 is 1.19 bits per heavy atom. The van der Waals surface area contributed by atoms with Crippen LogP contribution in [0.4, 0.5) is 0 Å². The number of imidazole rings is 1. The highest BCUT2D eigenvalue weighted by molar-refractivity contribution is 5.70. The molecule has 1 aromatic carbocycles. The van der Waals surface area contributed by atoms with Crippen molar-refractivity contribution in [3.05, 3.63) is 63.1 Å². The van der Waals surface area contributed by atoms with E-state index in [1.54, 1.807) is 15.5 Å². The Bertz CT molecular complexity index is 916. The second kappa shape index (κ2) is 4.44. The molecule has 2 heterocycles. The molecule has 0 bridgehead atoms. The Hall–Kier alpha value is -2.63. The van der Waals surface area contributed by atoms with Crippen LogP contribution >= 0.6 is 0 Å².